The van der Waals surface area contributed by atoms with E-state index in [9.17, 15) is 18.0 Å². The summed E-state index contributed by atoms with van der Waals surface area (Å²) in [6.45, 7) is 4.02. The summed E-state index contributed by atoms with van der Waals surface area (Å²) >= 11 is 12.3. The van der Waals surface area contributed by atoms with Crippen molar-refractivity contribution in [3.63, 3.8) is 0 Å². The average Bonchev–Trinajstić information content (AvgIpc) is 3.04. The van der Waals surface area contributed by atoms with Gasteiger partial charge in [0.15, 0.2) is 5.78 Å². The van der Waals surface area contributed by atoms with Crippen molar-refractivity contribution < 1.29 is 22.6 Å². The van der Waals surface area contributed by atoms with Crippen LogP contribution >= 0.6 is 23.2 Å². The minimum absolute atomic E-state index is 0.0000127. The van der Waals surface area contributed by atoms with Crippen LogP contribution in [0.15, 0.2) is 109 Å². The molecule has 1 unspecified atom stereocenters. The molecule has 0 heterocycles. The lowest BCUT2D eigenvalue weighted by Crippen LogP contribution is -2.23. The van der Waals surface area contributed by atoms with Crippen molar-refractivity contribution in [2.24, 2.45) is 0 Å². The second-order valence-corrected chi connectivity index (χ2v) is 14.3. The van der Waals surface area contributed by atoms with E-state index in [1.165, 1.54) is 0 Å². The van der Waals surface area contributed by atoms with Crippen LogP contribution in [-0.2, 0) is 21.3 Å². The van der Waals surface area contributed by atoms with Crippen LogP contribution in [0.2, 0.25) is 10.0 Å². The normalized spacial score (nSPS) is 12.0. The zero-order valence-electron chi connectivity index (χ0n) is 26.5. The standard InChI is InChI=1S/C39H35Cl2NO5S/c1-25-22-32(40)15-19-35(25)28-9-11-30(12-10-28)37(24-27-5-7-31(8-6-27)38(43)4-3-21-48(45,46)47)39(44)42-34-17-13-29(14-18-34)36-20-16-33(41)23-26(36)2/h5-20,22-23,37H,3-4,21,24H2,1-2H3,(H,42,44)(H,45,46,47). The fraction of sp³-hybridized carbons (Fsp3) is 0.179. The Hall–Kier alpha value is -4.27. The van der Waals surface area contributed by atoms with E-state index in [1.54, 1.807) is 12.1 Å². The topological polar surface area (TPSA) is 101 Å². The molecule has 0 saturated heterocycles. The number of halogens is 2. The van der Waals surface area contributed by atoms with Crippen LogP contribution in [-0.4, -0.2) is 30.4 Å². The smallest absolute Gasteiger partial charge is 0.264 e. The molecule has 0 saturated carbocycles. The molecule has 5 aromatic carbocycles. The van der Waals surface area contributed by atoms with Gasteiger partial charge in [-0.05, 0) is 108 Å². The van der Waals surface area contributed by atoms with Gasteiger partial charge in [-0.3, -0.25) is 14.1 Å². The first kappa shape index (κ1) is 35.0. The van der Waals surface area contributed by atoms with Crippen molar-refractivity contribution in [1.29, 1.82) is 0 Å². The molecule has 9 heteroatoms. The molecule has 0 aliphatic carbocycles. The molecular weight excluding hydrogens is 665 g/mol. The second kappa shape index (κ2) is 15.3. The highest BCUT2D eigenvalue weighted by Gasteiger charge is 2.22. The van der Waals surface area contributed by atoms with Crippen molar-refractivity contribution in [1.82, 2.24) is 0 Å². The third-order valence-corrected chi connectivity index (χ3v) is 9.58. The molecule has 0 aliphatic heterocycles. The summed E-state index contributed by atoms with van der Waals surface area (Å²) in [5.74, 6) is -1.40. The lowest BCUT2D eigenvalue weighted by atomic mass is 9.89. The Morgan fingerprint density at radius 2 is 1.25 bits per heavy atom. The molecular formula is C39H35Cl2NO5S. The number of nitrogens with one attached hydrogen (secondary N) is 1. The number of rotatable bonds is 12. The third kappa shape index (κ3) is 9.20. The summed E-state index contributed by atoms with van der Waals surface area (Å²) in [5.41, 5.74) is 9.05. The van der Waals surface area contributed by atoms with E-state index < -0.39 is 21.8 Å². The van der Waals surface area contributed by atoms with E-state index in [4.69, 9.17) is 27.8 Å². The zero-order valence-corrected chi connectivity index (χ0v) is 28.9. The van der Waals surface area contributed by atoms with Crippen molar-refractivity contribution >= 4 is 50.7 Å². The fourth-order valence-corrected chi connectivity index (χ4v) is 6.71. The van der Waals surface area contributed by atoms with Gasteiger partial charge in [-0.15, -0.1) is 0 Å². The molecule has 5 rings (SSSR count). The molecule has 0 bridgehead atoms. The van der Waals surface area contributed by atoms with Gasteiger partial charge in [0.1, 0.15) is 0 Å². The first-order valence-corrected chi connectivity index (χ1v) is 17.8. The van der Waals surface area contributed by atoms with Crippen LogP contribution in [0.1, 0.15) is 51.4 Å². The van der Waals surface area contributed by atoms with E-state index in [2.05, 4.69) is 5.32 Å². The van der Waals surface area contributed by atoms with Gasteiger partial charge in [0.05, 0.1) is 11.7 Å². The Morgan fingerprint density at radius 3 is 1.75 bits per heavy atom. The van der Waals surface area contributed by atoms with E-state index in [0.29, 0.717) is 27.7 Å². The van der Waals surface area contributed by atoms with Gasteiger partial charge in [-0.2, -0.15) is 8.42 Å². The molecule has 0 radical (unpaired) electrons. The van der Waals surface area contributed by atoms with Gasteiger partial charge in [0.25, 0.3) is 10.1 Å². The number of Topliss-reactive ketones (excluding diaryl/α,β-unsaturated/α-hetero) is 1. The highest BCUT2D eigenvalue weighted by molar-refractivity contribution is 7.85. The van der Waals surface area contributed by atoms with Crippen LogP contribution in [0.4, 0.5) is 5.69 Å². The Labute approximate surface area is 291 Å². The number of hydrogen-bond acceptors (Lipinski definition) is 4. The monoisotopic (exact) mass is 699 g/mol. The molecule has 2 N–H and O–H groups in total. The van der Waals surface area contributed by atoms with E-state index >= 15 is 0 Å². The van der Waals surface area contributed by atoms with Crippen LogP contribution in [0.3, 0.4) is 0 Å². The molecule has 5 aromatic rings. The maximum Gasteiger partial charge on any atom is 0.264 e. The maximum atomic E-state index is 13.9. The van der Waals surface area contributed by atoms with E-state index in [0.717, 1.165) is 44.5 Å². The van der Waals surface area contributed by atoms with Gasteiger partial charge in [0.2, 0.25) is 5.91 Å². The summed E-state index contributed by atoms with van der Waals surface area (Å²) in [4.78, 5) is 26.5. The number of hydrogen-bond donors (Lipinski definition) is 2. The predicted octanol–water partition coefficient (Wildman–Crippen LogP) is 9.76. The Bertz CT molecular complexity index is 2040. The number of carbonyl (C=O) groups is 2. The molecule has 0 aliphatic rings. The first-order valence-electron chi connectivity index (χ1n) is 15.5. The molecule has 0 spiro atoms. The molecule has 0 fully saturated rings. The average molecular weight is 701 g/mol. The quantitative estimate of drug-likeness (QED) is 0.0997. The van der Waals surface area contributed by atoms with Gasteiger partial charge < -0.3 is 5.32 Å². The molecule has 1 atom stereocenters. The molecule has 1 amide bonds. The maximum absolute atomic E-state index is 13.9. The Balaban J connectivity index is 1.37. The largest absolute Gasteiger partial charge is 0.326 e. The van der Waals surface area contributed by atoms with Gasteiger partial charge in [0, 0.05) is 27.7 Å². The van der Waals surface area contributed by atoms with Gasteiger partial charge in [-0.25, -0.2) is 0 Å². The number of anilines is 1. The number of ketones is 1. The lowest BCUT2D eigenvalue weighted by Gasteiger charge is -2.19. The fourth-order valence-electron chi connectivity index (χ4n) is 5.74. The molecule has 48 heavy (non-hydrogen) atoms. The summed E-state index contributed by atoms with van der Waals surface area (Å²) in [6, 6.07) is 34.1. The summed E-state index contributed by atoms with van der Waals surface area (Å²) in [7, 11) is -4.12. The summed E-state index contributed by atoms with van der Waals surface area (Å²) in [5, 5.41) is 4.44. The lowest BCUT2D eigenvalue weighted by molar-refractivity contribution is -0.117. The van der Waals surface area contributed by atoms with Crippen LogP contribution in [0.5, 0.6) is 0 Å². The summed E-state index contributed by atoms with van der Waals surface area (Å²) in [6.07, 6.45) is 0.415. The predicted molar refractivity (Wildman–Crippen MR) is 195 cm³/mol. The first-order chi connectivity index (χ1) is 22.9. The van der Waals surface area contributed by atoms with Crippen LogP contribution < -0.4 is 5.32 Å². The summed E-state index contributed by atoms with van der Waals surface area (Å²) < 4.78 is 30.9. The number of benzene rings is 5. The highest BCUT2D eigenvalue weighted by Crippen LogP contribution is 2.31. The Morgan fingerprint density at radius 1 is 0.729 bits per heavy atom. The van der Waals surface area contributed by atoms with Crippen molar-refractivity contribution in [3.8, 4) is 22.3 Å². The van der Waals surface area contributed by atoms with Crippen LogP contribution in [0, 0.1) is 13.8 Å². The van der Waals surface area contributed by atoms with E-state index in [1.807, 2.05) is 111 Å². The molecule has 6 nitrogen and oxygen atoms in total. The van der Waals surface area contributed by atoms with Crippen molar-refractivity contribution in [2.75, 3.05) is 11.1 Å². The highest BCUT2D eigenvalue weighted by atomic mass is 35.5. The van der Waals surface area contributed by atoms with Gasteiger partial charge >= 0.3 is 0 Å². The molecule has 246 valence electrons. The number of amides is 1. The van der Waals surface area contributed by atoms with Gasteiger partial charge in [-0.1, -0.05) is 96.0 Å². The molecule has 0 aromatic heterocycles. The van der Waals surface area contributed by atoms with Crippen molar-refractivity contribution in [3.05, 3.63) is 147 Å². The number of carbonyl (C=O) groups excluding carboxylic acids is 2. The van der Waals surface area contributed by atoms with Crippen molar-refractivity contribution in [2.45, 2.75) is 39.0 Å². The second-order valence-electron chi connectivity index (χ2n) is 11.9. The minimum Gasteiger partial charge on any atom is -0.326 e. The van der Waals surface area contributed by atoms with E-state index in [-0.39, 0.29) is 24.5 Å². The Kier molecular flexibility index (Phi) is 11.2. The SMILES string of the molecule is Cc1cc(Cl)ccc1-c1ccc(NC(=O)C(Cc2ccc(C(=O)CCCS(=O)(=O)O)cc2)c2ccc(-c3ccc(Cl)cc3C)cc2)cc1. The minimum atomic E-state index is -4.12. The number of aryl methyl sites for hydroxylation is 2. The van der Waals surface area contributed by atoms with Crippen LogP contribution in [0.25, 0.3) is 22.3 Å². The zero-order chi connectivity index (χ0) is 34.4. The third-order valence-electron chi connectivity index (χ3n) is 8.30.